The van der Waals surface area contributed by atoms with Gasteiger partial charge in [0.25, 0.3) is 5.91 Å². The molecule has 0 saturated carbocycles. The zero-order valence-electron chi connectivity index (χ0n) is 23.1. The molecule has 1 aromatic heterocycles. The van der Waals surface area contributed by atoms with Crippen molar-refractivity contribution in [3.63, 3.8) is 0 Å². The average Bonchev–Trinajstić information content (AvgIpc) is 3.37. The SMILES string of the molecule is CCN(CC)C(=O)c1ccc(C2c3cc(Oc4ccccc4)c(OC)cc3CCN2Cc2nc[nH]c2C)cc1. The topological polar surface area (TPSA) is 70.7 Å². The maximum atomic E-state index is 13.0. The summed E-state index contributed by atoms with van der Waals surface area (Å²) in [6.45, 7) is 9.03. The predicted molar refractivity (Wildman–Crippen MR) is 152 cm³/mol. The van der Waals surface area contributed by atoms with Crippen LogP contribution in [0.25, 0.3) is 0 Å². The van der Waals surface area contributed by atoms with E-state index < -0.39 is 0 Å². The summed E-state index contributed by atoms with van der Waals surface area (Å²) in [5.74, 6) is 2.21. The summed E-state index contributed by atoms with van der Waals surface area (Å²) in [6, 6.07) is 22.0. The second kappa shape index (κ2) is 11.7. The molecule has 1 aliphatic heterocycles. The molecule has 1 N–H and O–H groups in total. The molecule has 3 aromatic carbocycles. The van der Waals surface area contributed by atoms with E-state index in [1.54, 1.807) is 13.4 Å². The van der Waals surface area contributed by atoms with Gasteiger partial charge in [-0.2, -0.15) is 0 Å². The van der Waals surface area contributed by atoms with Crippen LogP contribution in [0.5, 0.6) is 17.2 Å². The molecule has 4 aromatic rings. The minimum Gasteiger partial charge on any atom is -0.493 e. The predicted octanol–water partition coefficient (Wildman–Crippen LogP) is 6.15. The van der Waals surface area contributed by atoms with Crippen LogP contribution < -0.4 is 9.47 Å². The number of aryl methyl sites for hydroxylation is 1. The first-order chi connectivity index (χ1) is 19.0. The summed E-state index contributed by atoms with van der Waals surface area (Å²) in [4.78, 5) is 25.0. The Morgan fingerprint density at radius 3 is 2.44 bits per heavy atom. The zero-order chi connectivity index (χ0) is 27.4. The van der Waals surface area contributed by atoms with Gasteiger partial charge in [-0.25, -0.2) is 4.98 Å². The lowest BCUT2D eigenvalue weighted by Crippen LogP contribution is -2.36. The van der Waals surface area contributed by atoms with Gasteiger partial charge in [-0.05, 0) is 80.3 Å². The van der Waals surface area contributed by atoms with Crippen molar-refractivity contribution in [3.05, 3.63) is 107 Å². The number of hydrogen-bond acceptors (Lipinski definition) is 5. The highest BCUT2D eigenvalue weighted by molar-refractivity contribution is 5.94. The number of carbonyl (C=O) groups excluding carboxylic acids is 1. The lowest BCUT2D eigenvalue weighted by molar-refractivity contribution is 0.0773. The van der Waals surface area contributed by atoms with E-state index in [0.717, 1.165) is 35.7 Å². The van der Waals surface area contributed by atoms with Crippen LogP contribution in [0.4, 0.5) is 0 Å². The van der Waals surface area contributed by atoms with E-state index in [1.807, 2.05) is 61.2 Å². The number of nitrogens with one attached hydrogen (secondary N) is 1. The Balaban J connectivity index is 1.56. The van der Waals surface area contributed by atoms with Crippen molar-refractivity contribution in [2.24, 2.45) is 0 Å². The number of para-hydroxylation sites is 1. The summed E-state index contributed by atoms with van der Waals surface area (Å²) >= 11 is 0. The Bertz CT molecular complexity index is 1410. The summed E-state index contributed by atoms with van der Waals surface area (Å²) < 4.78 is 12.0. The van der Waals surface area contributed by atoms with Gasteiger partial charge in [0, 0.05) is 37.4 Å². The van der Waals surface area contributed by atoms with Crippen molar-refractivity contribution in [3.8, 4) is 17.2 Å². The molecular formula is C32H36N4O3. The van der Waals surface area contributed by atoms with Crippen molar-refractivity contribution in [1.82, 2.24) is 19.8 Å². The molecule has 1 aliphatic rings. The van der Waals surface area contributed by atoms with E-state index >= 15 is 0 Å². The van der Waals surface area contributed by atoms with Crippen LogP contribution in [0.2, 0.25) is 0 Å². The Hall–Kier alpha value is -4.10. The highest BCUT2D eigenvalue weighted by Crippen LogP contribution is 2.43. The number of fused-ring (bicyclic) bond motifs is 1. The third-order valence-electron chi connectivity index (χ3n) is 7.54. The third kappa shape index (κ3) is 5.54. The van der Waals surface area contributed by atoms with Gasteiger partial charge >= 0.3 is 0 Å². The van der Waals surface area contributed by atoms with Crippen LogP contribution in [0.3, 0.4) is 0 Å². The fraction of sp³-hybridized carbons (Fsp3) is 0.312. The Labute approximate surface area is 230 Å². The largest absolute Gasteiger partial charge is 0.493 e. The second-order valence-electron chi connectivity index (χ2n) is 9.81. The molecule has 0 radical (unpaired) electrons. The van der Waals surface area contributed by atoms with Crippen LogP contribution in [0.1, 0.15) is 58.3 Å². The Morgan fingerprint density at radius 1 is 1.05 bits per heavy atom. The monoisotopic (exact) mass is 524 g/mol. The summed E-state index contributed by atoms with van der Waals surface area (Å²) in [5, 5.41) is 0. The molecule has 0 fully saturated rings. The quantitative estimate of drug-likeness (QED) is 0.284. The van der Waals surface area contributed by atoms with Gasteiger partial charge in [-0.1, -0.05) is 30.3 Å². The number of nitrogens with zero attached hydrogens (tertiary/aromatic N) is 3. The van der Waals surface area contributed by atoms with E-state index in [1.165, 1.54) is 11.1 Å². The molecule has 2 heterocycles. The number of rotatable bonds is 9. The normalized spacial score (nSPS) is 15.0. The smallest absolute Gasteiger partial charge is 0.253 e. The Kier molecular flexibility index (Phi) is 7.98. The van der Waals surface area contributed by atoms with Gasteiger partial charge in [-0.3, -0.25) is 9.69 Å². The number of aromatic nitrogens is 2. The minimum atomic E-state index is -0.0357. The van der Waals surface area contributed by atoms with Crippen molar-refractivity contribution in [2.45, 2.75) is 39.8 Å². The lowest BCUT2D eigenvalue weighted by atomic mass is 9.87. The fourth-order valence-corrected chi connectivity index (χ4v) is 5.33. The molecule has 39 heavy (non-hydrogen) atoms. The van der Waals surface area contributed by atoms with Crippen molar-refractivity contribution in [2.75, 3.05) is 26.7 Å². The summed E-state index contributed by atoms with van der Waals surface area (Å²) in [6.07, 6.45) is 2.64. The number of ether oxygens (including phenoxy) is 2. The first kappa shape index (κ1) is 26.5. The first-order valence-corrected chi connectivity index (χ1v) is 13.6. The highest BCUT2D eigenvalue weighted by atomic mass is 16.5. The van der Waals surface area contributed by atoms with Gasteiger partial charge < -0.3 is 19.4 Å². The van der Waals surface area contributed by atoms with Crippen molar-refractivity contribution < 1.29 is 14.3 Å². The third-order valence-corrected chi connectivity index (χ3v) is 7.54. The Morgan fingerprint density at radius 2 is 1.79 bits per heavy atom. The number of imidazole rings is 1. The van der Waals surface area contributed by atoms with Gasteiger partial charge in [0.05, 0.1) is 25.2 Å². The van der Waals surface area contributed by atoms with Crippen LogP contribution in [0.15, 0.2) is 73.1 Å². The van der Waals surface area contributed by atoms with Crippen molar-refractivity contribution in [1.29, 1.82) is 0 Å². The highest BCUT2D eigenvalue weighted by Gasteiger charge is 2.31. The molecule has 0 bridgehead atoms. The molecule has 0 aliphatic carbocycles. The van der Waals surface area contributed by atoms with Gasteiger partial charge in [0.1, 0.15) is 5.75 Å². The van der Waals surface area contributed by atoms with E-state index in [2.05, 4.69) is 46.1 Å². The van der Waals surface area contributed by atoms with Crippen LogP contribution in [-0.2, 0) is 13.0 Å². The molecule has 1 unspecified atom stereocenters. The molecule has 1 amide bonds. The first-order valence-electron chi connectivity index (χ1n) is 13.6. The van der Waals surface area contributed by atoms with Crippen molar-refractivity contribution >= 4 is 5.91 Å². The number of hydrogen-bond donors (Lipinski definition) is 1. The molecule has 7 nitrogen and oxygen atoms in total. The molecule has 1 atom stereocenters. The number of aromatic amines is 1. The number of H-pyrrole nitrogens is 1. The van der Waals surface area contributed by atoms with E-state index in [-0.39, 0.29) is 11.9 Å². The summed E-state index contributed by atoms with van der Waals surface area (Å²) in [7, 11) is 1.68. The number of methoxy groups -OCH3 is 1. The molecule has 5 rings (SSSR count). The van der Waals surface area contributed by atoms with Gasteiger partial charge in [-0.15, -0.1) is 0 Å². The maximum absolute atomic E-state index is 13.0. The van der Waals surface area contributed by atoms with Gasteiger partial charge in [0.2, 0.25) is 0 Å². The zero-order valence-corrected chi connectivity index (χ0v) is 23.1. The van der Waals surface area contributed by atoms with E-state index in [4.69, 9.17) is 9.47 Å². The maximum Gasteiger partial charge on any atom is 0.253 e. The molecule has 0 saturated heterocycles. The summed E-state index contributed by atoms with van der Waals surface area (Å²) in [5.41, 5.74) is 6.33. The van der Waals surface area contributed by atoms with E-state index in [9.17, 15) is 4.79 Å². The molecule has 202 valence electrons. The van der Waals surface area contributed by atoms with Crippen LogP contribution in [-0.4, -0.2) is 52.4 Å². The number of benzene rings is 3. The molecular weight excluding hydrogens is 488 g/mol. The standard InChI is InChI=1S/C32H36N4O3/c1-5-35(6-2)32(37)24-14-12-23(13-15-24)31-27-19-30(39-26-10-8-7-9-11-26)29(38-4)18-25(27)16-17-36(31)20-28-22(3)33-21-34-28/h7-15,18-19,21,31H,5-6,16-17,20H2,1-4H3,(H,33,34). The number of amides is 1. The van der Waals surface area contributed by atoms with E-state index in [0.29, 0.717) is 36.7 Å². The van der Waals surface area contributed by atoms with Crippen LogP contribution >= 0.6 is 0 Å². The van der Waals surface area contributed by atoms with Crippen LogP contribution in [0, 0.1) is 6.92 Å². The molecule has 0 spiro atoms. The molecule has 7 heteroatoms. The average molecular weight is 525 g/mol. The second-order valence-corrected chi connectivity index (χ2v) is 9.81. The lowest BCUT2D eigenvalue weighted by Gasteiger charge is -2.38. The number of carbonyl (C=O) groups is 1. The van der Waals surface area contributed by atoms with Gasteiger partial charge in [0.15, 0.2) is 11.5 Å². The minimum absolute atomic E-state index is 0.0357. The fourth-order valence-electron chi connectivity index (χ4n) is 5.33.